The number of nitrogens with one attached hydrogen (secondary N) is 1. The molecule has 3 fully saturated rings. The van der Waals surface area contributed by atoms with Gasteiger partial charge in [-0.2, -0.15) is 0 Å². The van der Waals surface area contributed by atoms with E-state index in [0.29, 0.717) is 11.1 Å². The molecule has 1 saturated heterocycles. The Balaban J connectivity index is 0.00000381. The SMILES string of the molecule is CC1=C2C(O)C(=O)[C@]3(C)C(O)CC4OC[C@@]4(O)C3C(OC(=O)c3ccccc3)C(O)(CC1OC(=O)C(OC(=O)OCc1ccccc1)C(NC(=O)c1ccccc1)c1ccccc1)C2(C)C.[Ac].[Ac]. The number of fused-ring (bicyclic) bond motifs is 5. The molecule has 1 aliphatic heterocycles. The largest absolute Gasteiger partial charge is 0.509 e. The van der Waals surface area contributed by atoms with Gasteiger partial charge in [0.1, 0.15) is 42.2 Å². The monoisotopic (exact) mass is 1360 g/mol. The van der Waals surface area contributed by atoms with E-state index < -0.39 is 107 Å². The first-order valence-electron chi connectivity index (χ1n) is 21.8. The van der Waals surface area contributed by atoms with Gasteiger partial charge < -0.3 is 49.4 Å². The molecule has 1 amide bonds. The molecular weight excluding hydrogens is 1300 g/mol. The molecule has 4 aromatic rings. The predicted molar refractivity (Wildman–Crippen MR) is 234 cm³/mol. The summed E-state index contributed by atoms with van der Waals surface area (Å²) < 4.78 is 29.5. The topological polar surface area (TPSA) is 224 Å². The fourth-order valence-electron chi connectivity index (χ4n) is 10.5. The Kier molecular flexibility index (Phi) is 17.1. The van der Waals surface area contributed by atoms with E-state index in [1.165, 1.54) is 26.0 Å². The van der Waals surface area contributed by atoms with Crippen LogP contribution in [0.25, 0.3) is 0 Å². The van der Waals surface area contributed by atoms with Crippen molar-refractivity contribution < 1.29 is 156 Å². The third-order valence-corrected chi connectivity index (χ3v) is 14.3. The Morgan fingerprint density at radius 1 is 0.794 bits per heavy atom. The van der Waals surface area contributed by atoms with Crippen molar-refractivity contribution in [2.75, 3.05) is 6.61 Å². The van der Waals surface area contributed by atoms with Crippen molar-refractivity contribution in [1.29, 1.82) is 0 Å². The van der Waals surface area contributed by atoms with E-state index in [1.807, 2.05) is 0 Å². The number of ketones is 1. The first-order valence-corrected chi connectivity index (χ1v) is 21.8. The van der Waals surface area contributed by atoms with Crippen molar-refractivity contribution in [2.45, 2.75) is 101 Å². The van der Waals surface area contributed by atoms with Crippen LogP contribution < -0.4 is 5.32 Å². The Hall–Kier alpha value is -3.35. The van der Waals surface area contributed by atoms with Gasteiger partial charge in [0.2, 0.25) is 6.10 Å². The summed E-state index contributed by atoms with van der Waals surface area (Å²) in [6, 6.07) is 31.6. The maximum absolute atomic E-state index is 15.0. The number of hydrogen-bond acceptors (Lipinski definition) is 14. The number of rotatable bonds is 11. The Bertz CT molecular complexity index is 2510. The van der Waals surface area contributed by atoms with Gasteiger partial charge in [0.05, 0.1) is 29.8 Å². The number of carbonyl (C=O) groups is 5. The second kappa shape index (κ2) is 21.6. The normalized spacial score (nSPS) is 29.7. The van der Waals surface area contributed by atoms with Crippen molar-refractivity contribution in [3.05, 3.63) is 155 Å². The van der Waals surface area contributed by atoms with Gasteiger partial charge in [0.25, 0.3) is 5.91 Å². The number of esters is 2. The van der Waals surface area contributed by atoms with Crippen LogP contribution in [0.1, 0.15) is 78.4 Å². The second-order valence-corrected chi connectivity index (χ2v) is 18.3. The fraction of sp³-hybridized carbons (Fsp3) is 0.392. The fourth-order valence-corrected chi connectivity index (χ4v) is 10.5. The maximum atomic E-state index is 15.0. The molecule has 4 aliphatic rings. The molecule has 8 rings (SSSR count). The first-order chi connectivity index (χ1) is 31.4. The van der Waals surface area contributed by atoms with Crippen LogP contribution in [0.4, 0.5) is 4.79 Å². The summed E-state index contributed by atoms with van der Waals surface area (Å²) in [5.74, 6) is -5.28. The molecule has 352 valence electrons. The smallest absolute Gasteiger partial charge is 0.455 e. The minimum atomic E-state index is -2.39. The van der Waals surface area contributed by atoms with Crippen LogP contribution in [0.5, 0.6) is 0 Å². The van der Waals surface area contributed by atoms with Crippen molar-refractivity contribution in [2.24, 2.45) is 16.7 Å². The van der Waals surface area contributed by atoms with Gasteiger partial charge in [-0.05, 0) is 60.4 Å². The third-order valence-electron chi connectivity index (χ3n) is 14.3. The van der Waals surface area contributed by atoms with Crippen molar-refractivity contribution in [1.82, 2.24) is 5.32 Å². The van der Waals surface area contributed by atoms with Gasteiger partial charge in [-0.25, -0.2) is 14.4 Å². The Morgan fingerprint density at radius 3 is 1.93 bits per heavy atom. The first kappa shape index (κ1) is 54.0. The summed E-state index contributed by atoms with van der Waals surface area (Å²) in [6.07, 6.45) is -11.9. The van der Waals surface area contributed by atoms with Crippen LogP contribution in [0, 0.1) is 105 Å². The molecule has 0 aromatic heterocycles. The molecule has 2 saturated carbocycles. The number of aliphatic hydroxyl groups is 4. The van der Waals surface area contributed by atoms with Crippen LogP contribution in [0.15, 0.2) is 132 Å². The summed E-state index contributed by atoms with van der Waals surface area (Å²) in [7, 11) is 0. The van der Waals surface area contributed by atoms with Gasteiger partial charge in [0, 0.05) is 118 Å². The average Bonchev–Trinajstić information content (AvgIpc) is 3.32. The van der Waals surface area contributed by atoms with Gasteiger partial charge >= 0.3 is 18.1 Å². The number of aliphatic hydroxyl groups excluding tert-OH is 2. The van der Waals surface area contributed by atoms with E-state index in [1.54, 1.807) is 123 Å². The van der Waals surface area contributed by atoms with Crippen LogP contribution >= 0.6 is 0 Å². The van der Waals surface area contributed by atoms with E-state index in [4.69, 9.17) is 23.7 Å². The molecule has 2 bridgehead atoms. The molecule has 68 heavy (non-hydrogen) atoms. The molecule has 1 heterocycles. The van der Waals surface area contributed by atoms with Crippen molar-refractivity contribution in [3.63, 3.8) is 0 Å². The molecular formula is C51H53Ac2NO14. The zero-order chi connectivity index (χ0) is 47.2. The molecule has 2 radical (unpaired) electrons. The third kappa shape index (κ3) is 9.83. The van der Waals surface area contributed by atoms with E-state index >= 15 is 0 Å². The van der Waals surface area contributed by atoms with Crippen molar-refractivity contribution in [3.8, 4) is 0 Å². The molecule has 17 heteroatoms. The molecule has 9 unspecified atom stereocenters. The van der Waals surface area contributed by atoms with E-state index in [9.17, 15) is 44.4 Å². The average molecular weight is 1360 g/mol. The minimum Gasteiger partial charge on any atom is -0.455 e. The van der Waals surface area contributed by atoms with Gasteiger partial charge in [-0.1, -0.05) is 111 Å². The maximum Gasteiger partial charge on any atom is 0.509 e. The number of Topliss-reactive ketones (excluding diaryl/α,β-unsaturated/α-hetero) is 1. The number of amides is 1. The van der Waals surface area contributed by atoms with Crippen LogP contribution in [-0.4, -0.2) is 105 Å². The quantitative estimate of drug-likeness (QED) is 0.0762. The molecule has 11 atom stereocenters. The second-order valence-electron chi connectivity index (χ2n) is 18.3. The summed E-state index contributed by atoms with van der Waals surface area (Å²) in [5, 5.41) is 52.9. The summed E-state index contributed by atoms with van der Waals surface area (Å²) in [6.45, 7) is 5.40. The van der Waals surface area contributed by atoms with Crippen LogP contribution in [0.3, 0.4) is 0 Å². The summed E-state index contributed by atoms with van der Waals surface area (Å²) in [5.41, 5.74) is -6.71. The molecule has 15 nitrogen and oxygen atoms in total. The zero-order valence-corrected chi connectivity index (χ0v) is 47.5. The molecule has 0 spiro atoms. The van der Waals surface area contributed by atoms with Gasteiger partial charge in [-0.15, -0.1) is 0 Å². The van der Waals surface area contributed by atoms with E-state index in [-0.39, 0.29) is 130 Å². The van der Waals surface area contributed by atoms with Gasteiger partial charge in [0.15, 0.2) is 5.78 Å². The molecule has 4 aromatic carbocycles. The number of benzene rings is 4. The van der Waals surface area contributed by atoms with Crippen LogP contribution in [-0.2, 0) is 39.9 Å². The van der Waals surface area contributed by atoms with Crippen molar-refractivity contribution >= 4 is 29.8 Å². The Labute approximate surface area is 465 Å². The summed E-state index contributed by atoms with van der Waals surface area (Å²) >= 11 is 0. The molecule has 5 N–H and O–H groups in total. The van der Waals surface area contributed by atoms with Crippen LogP contribution in [0.2, 0.25) is 0 Å². The minimum absolute atomic E-state index is 0. The number of ether oxygens (including phenoxy) is 5. The van der Waals surface area contributed by atoms with Gasteiger partial charge in [-0.3, -0.25) is 9.59 Å². The predicted octanol–water partition coefficient (Wildman–Crippen LogP) is 4.96. The molecule has 3 aliphatic carbocycles. The number of hydrogen-bond donors (Lipinski definition) is 5. The van der Waals surface area contributed by atoms with E-state index in [0.717, 1.165) is 0 Å². The zero-order valence-electron chi connectivity index (χ0n) is 38.0. The number of carbonyl (C=O) groups excluding carboxylic acids is 5. The summed E-state index contributed by atoms with van der Waals surface area (Å²) in [4.78, 5) is 71.6. The van der Waals surface area contributed by atoms with E-state index in [2.05, 4.69) is 5.32 Å². The Morgan fingerprint density at radius 2 is 1.35 bits per heavy atom. The standard InChI is InChI=1S/C51H53NO14.2Ac/c1-29-34(64-46(58)40(65-47(59)62-27-30-17-9-5-10-18-30)38(31-19-11-6-12-20-31)52-44(56)32-21-13-7-14-22-32)26-51(61)43(66-45(57)33-23-15-8-16-24-33)41-49(4,35(53)25-36-50(41,60)28-63-36)42(55)39(54)37(29)48(51,2)3;;/h5-24,34-36,38-41,43,53-54,60-61H,25-28H2,1-4H3,(H,52,56);;/t34?,35?,36?,38?,39?,40?,41?,43?,49-,50+,51?;;/m1../s1.